The van der Waals surface area contributed by atoms with E-state index < -0.39 is 0 Å². The van der Waals surface area contributed by atoms with Crippen molar-refractivity contribution < 1.29 is 5.11 Å². The molecule has 0 unspecified atom stereocenters. The topological polar surface area (TPSA) is 60.4 Å². The summed E-state index contributed by atoms with van der Waals surface area (Å²) in [6.45, 7) is 1.59. The van der Waals surface area contributed by atoms with Crippen LogP contribution in [0.5, 0.6) is 5.88 Å². The number of halogens is 1. The molecule has 0 atom stereocenters. The van der Waals surface area contributed by atoms with E-state index in [4.69, 9.17) is 16.6 Å². The molecular weight excluding hydrogens is 442 g/mol. The molecule has 0 fully saturated rings. The second-order valence-electron chi connectivity index (χ2n) is 8.12. The third-order valence-electron chi connectivity index (χ3n) is 5.70. The van der Waals surface area contributed by atoms with Crippen LogP contribution >= 0.6 is 11.6 Å². The molecule has 4 aromatic carbocycles. The van der Waals surface area contributed by atoms with Crippen molar-refractivity contribution in [2.24, 2.45) is 4.99 Å². The van der Waals surface area contributed by atoms with Crippen LogP contribution in [0, 0.1) is 0 Å². The molecule has 3 N–H and O–H groups in total. The van der Waals surface area contributed by atoms with Crippen LogP contribution in [-0.4, -0.2) is 15.8 Å². The molecule has 5 heteroatoms. The second-order valence-corrected chi connectivity index (χ2v) is 8.56. The highest BCUT2D eigenvalue weighted by molar-refractivity contribution is 6.31. The van der Waals surface area contributed by atoms with Gasteiger partial charge in [-0.2, -0.15) is 0 Å². The van der Waals surface area contributed by atoms with Crippen LogP contribution in [0.4, 0.5) is 5.69 Å². The first kappa shape index (κ1) is 22.0. The SMILES string of the molecule is Oc1[nH]c2cc(Cl)ccc2c1C(=Nc1ccc(CNCc2ccccc2)cc1)c1ccccc1. The van der Waals surface area contributed by atoms with E-state index in [2.05, 4.69) is 34.6 Å². The Hall–Kier alpha value is -3.86. The molecule has 0 amide bonds. The highest BCUT2D eigenvalue weighted by Gasteiger charge is 2.18. The van der Waals surface area contributed by atoms with Crippen molar-refractivity contribution in [1.82, 2.24) is 10.3 Å². The summed E-state index contributed by atoms with van der Waals surface area (Å²) in [5, 5.41) is 15.7. The standard InChI is InChI=1S/C29H24ClN3O/c30-23-13-16-25-26(17-23)33-29(34)27(25)28(22-9-5-2-6-10-22)32-24-14-11-21(12-15-24)19-31-18-20-7-3-1-4-8-20/h1-17,31,33-34H,18-19H2. The van der Waals surface area contributed by atoms with E-state index in [1.165, 1.54) is 11.1 Å². The first-order valence-electron chi connectivity index (χ1n) is 11.2. The minimum absolute atomic E-state index is 0.0709. The fourth-order valence-corrected chi connectivity index (χ4v) is 4.19. The van der Waals surface area contributed by atoms with Crippen LogP contribution in [-0.2, 0) is 13.1 Å². The van der Waals surface area contributed by atoms with Gasteiger partial charge >= 0.3 is 0 Å². The Bertz CT molecular complexity index is 1430. The first-order chi connectivity index (χ1) is 16.7. The van der Waals surface area contributed by atoms with Gasteiger partial charge in [0.1, 0.15) is 0 Å². The summed E-state index contributed by atoms with van der Waals surface area (Å²) in [4.78, 5) is 7.99. The molecule has 0 aliphatic carbocycles. The highest BCUT2D eigenvalue weighted by atomic mass is 35.5. The molecule has 0 radical (unpaired) electrons. The van der Waals surface area contributed by atoms with Gasteiger partial charge in [0.25, 0.3) is 0 Å². The molecule has 34 heavy (non-hydrogen) atoms. The predicted octanol–water partition coefficient (Wildman–Crippen LogP) is 6.99. The summed E-state index contributed by atoms with van der Waals surface area (Å²) in [5.74, 6) is 0.0709. The molecule has 0 aliphatic heterocycles. The predicted molar refractivity (Wildman–Crippen MR) is 140 cm³/mol. The number of hydrogen-bond acceptors (Lipinski definition) is 3. The zero-order chi connectivity index (χ0) is 23.3. The van der Waals surface area contributed by atoms with Crippen LogP contribution in [0.25, 0.3) is 10.9 Å². The van der Waals surface area contributed by atoms with Gasteiger partial charge in [-0.15, -0.1) is 0 Å². The zero-order valence-electron chi connectivity index (χ0n) is 18.5. The lowest BCUT2D eigenvalue weighted by atomic mass is 10.0. The number of nitrogens with one attached hydrogen (secondary N) is 2. The van der Waals surface area contributed by atoms with Gasteiger partial charge in [0.15, 0.2) is 5.88 Å². The average Bonchev–Trinajstić information content (AvgIpc) is 3.19. The van der Waals surface area contributed by atoms with Crippen LogP contribution in [0.15, 0.2) is 108 Å². The molecule has 0 bridgehead atoms. The summed E-state index contributed by atoms with van der Waals surface area (Å²) >= 11 is 6.16. The maximum Gasteiger partial charge on any atom is 0.199 e. The molecule has 0 saturated carbocycles. The molecule has 1 aromatic heterocycles. The molecule has 4 nitrogen and oxygen atoms in total. The number of rotatable bonds is 7. The van der Waals surface area contributed by atoms with Gasteiger partial charge in [0.05, 0.1) is 22.5 Å². The third kappa shape index (κ3) is 4.88. The fourth-order valence-electron chi connectivity index (χ4n) is 4.02. The number of aliphatic imine (C=N–C) groups is 1. The third-order valence-corrected chi connectivity index (χ3v) is 5.94. The van der Waals surface area contributed by atoms with E-state index in [-0.39, 0.29) is 5.88 Å². The van der Waals surface area contributed by atoms with Gasteiger partial charge in [-0.1, -0.05) is 90.5 Å². The number of fused-ring (bicyclic) bond motifs is 1. The molecule has 0 spiro atoms. The Kier molecular flexibility index (Phi) is 6.43. The quantitative estimate of drug-likeness (QED) is 0.227. The molecule has 0 saturated heterocycles. The van der Waals surface area contributed by atoms with Gasteiger partial charge in [0, 0.05) is 29.1 Å². The smallest absolute Gasteiger partial charge is 0.199 e. The van der Waals surface area contributed by atoms with E-state index in [0.717, 1.165) is 35.2 Å². The highest BCUT2D eigenvalue weighted by Crippen LogP contribution is 2.32. The van der Waals surface area contributed by atoms with Crippen molar-refractivity contribution in [3.05, 3.63) is 130 Å². The first-order valence-corrected chi connectivity index (χ1v) is 11.5. The zero-order valence-corrected chi connectivity index (χ0v) is 19.3. The van der Waals surface area contributed by atoms with Gasteiger partial charge < -0.3 is 15.4 Å². The largest absolute Gasteiger partial charge is 0.494 e. The van der Waals surface area contributed by atoms with Crippen molar-refractivity contribution in [2.75, 3.05) is 0 Å². The maximum absolute atomic E-state index is 10.8. The monoisotopic (exact) mass is 465 g/mol. The minimum Gasteiger partial charge on any atom is -0.494 e. The van der Waals surface area contributed by atoms with E-state index >= 15 is 0 Å². The van der Waals surface area contributed by atoms with E-state index in [9.17, 15) is 5.11 Å². The number of nitrogens with zero attached hydrogens (tertiary/aromatic N) is 1. The maximum atomic E-state index is 10.8. The van der Waals surface area contributed by atoms with E-state index in [0.29, 0.717) is 16.3 Å². The minimum atomic E-state index is 0.0709. The number of aromatic hydroxyl groups is 1. The van der Waals surface area contributed by atoms with Crippen LogP contribution in [0.3, 0.4) is 0 Å². The molecule has 5 rings (SSSR count). The van der Waals surface area contributed by atoms with Gasteiger partial charge in [0.2, 0.25) is 0 Å². The number of H-pyrrole nitrogens is 1. The average molecular weight is 466 g/mol. The Balaban J connectivity index is 1.44. The molecular formula is C29H24ClN3O. The second kappa shape index (κ2) is 9.96. The van der Waals surface area contributed by atoms with E-state index in [1.807, 2.05) is 72.8 Å². The Morgan fingerprint density at radius 3 is 2.15 bits per heavy atom. The molecule has 1 heterocycles. The number of aromatic amines is 1. The lowest BCUT2D eigenvalue weighted by molar-refractivity contribution is 0.457. The van der Waals surface area contributed by atoms with Crippen molar-refractivity contribution >= 4 is 33.9 Å². The Morgan fingerprint density at radius 2 is 1.44 bits per heavy atom. The van der Waals surface area contributed by atoms with Crippen LogP contribution in [0.2, 0.25) is 5.02 Å². The summed E-state index contributed by atoms with van der Waals surface area (Å²) in [6, 6.07) is 33.9. The summed E-state index contributed by atoms with van der Waals surface area (Å²) in [5.41, 5.74) is 6.30. The number of aromatic nitrogens is 1. The summed E-state index contributed by atoms with van der Waals surface area (Å²) < 4.78 is 0. The fraction of sp³-hybridized carbons (Fsp3) is 0.0690. The van der Waals surface area contributed by atoms with Crippen molar-refractivity contribution in [3.63, 3.8) is 0 Å². The van der Waals surface area contributed by atoms with Crippen LogP contribution in [0.1, 0.15) is 22.3 Å². The summed E-state index contributed by atoms with van der Waals surface area (Å²) in [6.07, 6.45) is 0. The van der Waals surface area contributed by atoms with E-state index in [1.54, 1.807) is 6.07 Å². The summed E-state index contributed by atoms with van der Waals surface area (Å²) in [7, 11) is 0. The van der Waals surface area contributed by atoms with Crippen molar-refractivity contribution in [2.45, 2.75) is 13.1 Å². The molecule has 168 valence electrons. The number of benzene rings is 4. The van der Waals surface area contributed by atoms with Crippen molar-refractivity contribution in [3.8, 4) is 5.88 Å². The van der Waals surface area contributed by atoms with Crippen LogP contribution < -0.4 is 5.32 Å². The molecule has 0 aliphatic rings. The normalized spacial score (nSPS) is 11.7. The van der Waals surface area contributed by atoms with Gasteiger partial charge in [-0.3, -0.25) is 0 Å². The number of hydrogen-bond donors (Lipinski definition) is 3. The lowest BCUT2D eigenvalue weighted by Gasteiger charge is -2.09. The lowest BCUT2D eigenvalue weighted by Crippen LogP contribution is -2.12. The van der Waals surface area contributed by atoms with Gasteiger partial charge in [-0.05, 0) is 35.4 Å². The van der Waals surface area contributed by atoms with Gasteiger partial charge in [-0.25, -0.2) is 4.99 Å². The van der Waals surface area contributed by atoms with Crippen molar-refractivity contribution in [1.29, 1.82) is 0 Å². The Labute approximate surface area is 203 Å². The Morgan fingerprint density at radius 1 is 0.794 bits per heavy atom. The molecule has 5 aromatic rings.